The quantitative estimate of drug-likeness (QED) is 0.0471. The molecule has 0 saturated carbocycles. The molecule has 0 heterocycles. The highest BCUT2D eigenvalue weighted by atomic mass is 16.6. The first-order valence-corrected chi connectivity index (χ1v) is 20.9. The Bertz CT molecular complexity index is 2010. The van der Waals surface area contributed by atoms with Crippen LogP contribution in [0.1, 0.15) is 65.2 Å². The Labute approximate surface area is 373 Å². The summed E-state index contributed by atoms with van der Waals surface area (Å²) in [4.78, 5) is 45.4. The molecule has 0 aliphatic rings. The molecule has 14 heteroatoms. The van der Waals surface area contributed by atoms with Gasteiger partial charge in [0, 0.05) is 57.3 Å². The molecule has 0 radical (unpaired) electrons. The molecule has 0 aromatic heterocycles. The maximum atomic E-state index is 13.2. The third kappa shape index (κ3) is 17.9. The number of benzene rings is 3. The number of carbonyl (C=O) groups is 3. The molecule has 0 saturated heterocycles. The summed E-state index contributed by atoms with van der Waals surface area (Å²) < 4.78 is 16.6. The van der Waals surface area contributed by atoms with E-state index in [-0.39, 0.29) is 29.9 Å². The van der Waals surface area contributed by atoms with Crippen molar-refractivity contribution in [3.63, 3.8) is 0 Å². The zero-order chi connectivity index (χ0) is 47.4. The predicted molar refractivity (Wildman–Crippen MR) is 248 cm³/mol. The van der Waals surface area contributed by atoms with E-state index in [1.54, 1.807) is 60.7 Å². The minimum atomic E-state index is -1.41. The van der Waals surface area contributed by atoms with Crippen LogP contribution in [0.2, 0.25) is 0 Å². The van der Waals surface area contributed by atoms with Gasteiger partial charge in [0.05, 0.1) is 18.6 Å². The number of esters is 3. The topological polar surface area (TPSA) is 200 Å². The van der Waals surface area contributed by atoms with E-state index < -0.39 is 43.1 Å². The number of nitrogens with zero attached hydrogens (tertiary/aromatic N) is 6. The zero-order valence-corrected chi connectivity index (χ0v) is 38.1. The van der Waals surface area contributed by atoms with E-state index in [0.717, 1.165) is 30.2 Å². The van der Waals surface area contributed by atoms with E-state index in [2.05, 4.69) is 4.90 Å². The van der Waals surface area contributed by atoms with Gasteiger partial charge in [-0.05, 0) is 92.1 Å². The Morgan fingerprint density at radius 3 is 1.06 bits per heavy atom. The molecule has 3 aromatic rings. The second-order valence-electron chi connectivity index (χ2n) is 13.8. The lowest BCUT2D eigenvalue weighted by Crippen LogP contribution is -2.37. The molecule has 0 fully saturated rings. The highest BCUT2D eigenvalue weighted by Crippen LogP contribution is 2.24. The number of aliphatic hydroxyl groups excluding tert-OH is 2. The largest absolute Gasteiger partial charge is 0.461 e. The monoisotopic (exact) mass is 862 g/mol. The Kier molecular flexibility index (Phi) is 25.2. The number of likely N-dealkylation sites (N-methyl/N-ethyl adjacent to an activating group) is 2. The number of carbonyl (C=O) groups excluding carboxylic acids is 3. The third-order valence-electron chi connectivity index (χ3n) is 9.17. The van der Waals surface area contributed by atoms with Crippen molar-refractivity contribution in [1.29, 1.82) is 15.8 Å². The van der Waals surface area contributed by atoms with Crippen LogP contribution < -0.4 is 14.7 Å². The molecule has 0 atom stereocenters. The molecule has 3 rings (SSSR count). The van der Waals surface area contributed by atoms with E-state index in [4.69, 9.17) is 14.2 Å². The normalized spacial score (nSPS) is 11.1. The molecular formula is C49H62N6O8. The van der Waals surface area contributed by atoms with Crippen LogP contribution in [0.4, 0.5) is 17.1 Å². The summed E-state index contributed by atoms with van der Waals surface area (Å²) in [6, 6.07) is 26.7. The number of nitriles is 3. The zero-order valence-electron chi connectivity index (χ0n) is 38.1. The van der Waals surface area contributed by atoms with Crippen molar-refractivity contribution >= 4 is 53.2 Å². The van der Waals surface area contributed by atoms with Crippen LogP contribution >= 0.6 is 0 Å². The minimum Gasteiger partial charge on any atom is -0.461 e. The lowest BCUT2D eigenvalue weighted by Gasteiger charge is -2.28. The first-order valence-electron chi connectivity index (χ1n) is 20.9. The van der Waals surface area contributed by atoms with Gasteiger partial charge in [-0.25, -0.2) is 14.4 Å². The Balaban J connectivity index is 0.00000481. The summed E-state index contributed by atoms with van der Waals surface area (Å²) in [7, 11) is 3.62. The first-order chi connectivity index (χ1) is 30.3. The van der Waals surface area contributed by atoms with Gasteiger partial charge < -0.3 is 39.1 Å². The van der Waals surface area contributed by atoms with Crippen LogP contribution in [-0.4, -0.2) is 101 Å². The summed E-state index contributed by atoms with van der Waals surface area (Å²) in [5.41, 5.74) is 1.89. The average molecular weight is 863 g/mol. The summed E-state index contributed by atoms with van der Waals surface area (Å²) in [5.74, 6) is -2.95. The van der Waals surface area contributed by atoms with Crippen molar-refractivity contribution in [2.45, 2.75) is 48.5 Å². The number of anilines is 3. The van der Waals surface area contributed by atoms with Gasteiger partial charge in [0.2, 0.25) is 0 Å². The molecule has 2 N–H and O–H groups in total. The molecule has 63 heavy (non-hydrogen) atoms. The van der Waals surface area contributed by atoms with Gasteiger partial charge in [-0.2, -0.15) is 15.8 Å². The molecule has 0 bridgehead atoms. The molecular weight excluding hydrogens is 801 g/mol. The van der Waals surface area contributed by atoms with Crippen LogP contribution in [0.15, 0.2) is 89.5 Å². The fourth-order valence-electron chi connectivity index (χ4n) is 5.57. The summed E-state index contributed by atoms with van der Waals surface area (Å²) >= 11 is 0. The SMILES string of the molecule is CC.CC.CCN(CC)c1ccc(/C=C(\C#N)C(=O)OCC(C)(COC(=O)/C(C#N)=C/c2ccc(N(C)CCO)cc2)COC(=O)/C(C#N)=C/c2ccc(N(C)CCO)cc2)cc1. The van der Waals surface area contributed by atoms with E-state index >= 15 is 0 Å². The van der Waals surface area contributed by atoms with E-state index in [1.165, 1.54) is 25.2 Å². The van der Waals surface area contributed by atoms with E-state index in [1.807, 2.05) is 95.8 Å². The molecule has 336 valence electrons. The van der Waals surface area contributed by atoms with Crippen LogP contribution in [-0.2, 0) is 28.6 Å². The molecule has 14 nitrogen and oxygen atoms in total. The van der Waals surface area contributed by atoms with Crippen molar-refractivity contribution in [1.82, 2.24) is 0 Å². The van der Waals surface area contributed by atoms with Gasteiger partial charge in [0.25, 0.3) is 0 Å². The number of hydrogen-bond acceptors (Lipinski definition) is 14. The van der Waals surface area contributed by atoms with E-state index in [9.17, 15) is 40.4 Å². The van der Waals surface area contributed by atoms with Gasteiger partial charge in [-0.1, -0.05) is 64.1 Å². The van der Waals surface area contributed by atoms with Gasteiger partial charge >= 0.3 is 17.9 Å². The maximum absolute atomic E-state index is 13.2. The number of rotatable bonds is 21. The predicted octanol–water partition coefficient (Wildman–Crippen LogP) is 7.20. The van der Waals surface area contributed by atoms with Crippen molar-refractivity contribution in [3.05, 3.63) is 106 Å². The first kappa shape index (κ1) is 54.1. The average Bonchev–Trinajstić information content (AvgIpc) is 3.32. The van der Waals surface area contributed by atoms with Crippen LogP contribution in [0.5, 0.6) is 0 Å². The maximum Gasteiger partial charge on any atom is 0.348 e. The molecule has 0 aliphatic carbocycles. The Morgan fingerprint density at radius 2 is 0.825 bits per heavy atom. The van der Waals surface area contributed by atoms with E-state index in [0.29, 0.717) is 29.8 Å². The highest BCUT2D eigenvalue weighted by Gasteiger charge is 2.32. The van der Waals surface area contributed by atoms with Gasteiger partial charge in [0.1, 0.15) is 54.7 Å². The molecule has 0 unspecified atom stereocenters. The lowest BCUT2D eigenvalue weighted by molar-refractivity contribution is -0.155. The molecule has 0 amide bonds. The summed E-state index contributed by atoms with van der Waals surface area (Å²) in [5, 5.41) is 47.9. The number of ether oxygens (including phenoxy) is 3. The van der Waals surface area contributed by atoms with Crippen molar-refractivity contribution < 1.29 is 38.8 Å². The fraction of sp³-hybridized carbons (Fsp3) is 0.388. The standard InChI is InChI=1S/C45H50N6O8.2C2H6/c1-6-51(7-2)41-18-12-35(13-19-41)26-38(29-48)44(56)59-32-45(3,30-57-42(54)36(27-46)24-33-8-14-39(15-9-33)49(4)20-22-52)31-58-43(55)37(28-47)25-34-10-16-40(17-11-34)50(5)21-23-53;2*1-2/h8-19,24-26,52-53H,6-7,20-23,30-32H2,1-5H3;2*1-2H3/b36-24+,37-25+,38-26+;;. The van der Waals surface area contributed by atoms with Gasteiger partial charge in [0.15, 0.2) is 0 Å². The van der Waals surface area contributed by atoms with Crippen molar-refractivity contribution in [2.75, 3.05) is 88.0 Å². The smallest absolute Gasteiger partial charge is 0.348 e. The van der Waals surface area contributed by atoms with Crippen molar-refractivity contribution in [3.8, 4) is 18.2 Å². The molecule has 3 aromatic carbocycles. The number of aliphatic hydroxyl groups is 2. The van der Waals surface area contributed by atoms with Crippen LogP contribution in [0, 0.1) is 39.4 Å². The minimum absolute atomic E-state index is 0.0298. The van der Waals surface area contributed by atoms with Crippen molar-refractivity contribution in [2.24, 2.45) is 5.41 Å². The summed E-state index contributed by atoms with van der Waals surface area (Å²) in [6.45, 7) is 14.5. The molecule has 0 aliphatic heterocycles. The van der Waals surface area contributed by atoms with Gasteiger partial charge in [-0.15, -0.1) is 0 Å². The van der Waals surface area contributed by atoms with Crippen LogP contribution in [0.3, 0.4) is 0 Å². The Morgan fingerprint density at radius 1 is 0.556 bits per heavy atom. The van der Waals surface area contributed by atoms with Crippen LogP contribution in [0.25, 0.3) is 18.2 Å². The Hall–Kier alpha value is -6.92. The lowest BCUT2D eigenvalue weighted by atomic mass is 9.94. The third-order valence-corrected chi connectivity index (χ3v) is 9.17. The summed E-state index contributed by atoms with van der Waals surface area (Å²) in [6.07, 6.45) is 4.07. The number of hydrogen-bond donors (Lipinski definition) is 2. The fourth-order valence-corrected chi connectivity index (χ4v) is 5.57. The molecule has 0 spiro atoms. The second kappa shape index (κ2) is 29.4. The second-order valence-corrected chi connectivity index (χ2v) is 13.8. The van der Waals surface area contributed by atoms with Gasteiger partial charge in [-0.3, -0.25) is 0 Å². The highest BCUT2D eigenvalue weighted by molar-refractivity contribution is 5.99.